The number of thioether (sulfide) groups is 1. The lowest BCUT2D eigenvalue weighted by molar-refractivity contribution is -0.133. The zero-order valence-electron chi connectivity index (χ0n) is 17.4. The Hall–Kier alpha value is -3.14. The standard InChI is InChI=1S/C22H22F2N4O3S/c1-31-16-6-4-5-15(13-16)20(30)27-11-9-26(10-12-27)19(29)14-28-18-8-3-2-7-17(18)25-22(28)32-21(23)24/h2-8,13,21H,9-12,14H2,1H3. The molecular weight excluding hydrogens is 438 g/mol. The van der Waals surface area contributed by atoms with E-state index < -0.39 is 5.76 Å². The number of halogens is 2. The molecule has 1 aromatic heterocycles. The van der Waals surface area contributed by atoms with Gasteiger partial charge in [-0.25, -0.2) is 4.98 Å². The second-order valence-electron chi connectivity index (χ2n) is 7.25. The van der Waals surface area contributed by atoms with Crippen molar-refractivity contribution in [2.75, 3.05) is 33.3 Å². The van der Waals surface area contributed by atoms with Gasteiger partial charge in [0, 0.05) is 31.7 Å². The number of imidazole rings is 1. The van der Waals surface area contributed by atoms with Gasteiger partial charge in [-0.1, -0.05) is 18.2 Å². The first-order chi connectivity index (χ1) is 15.5. The molecule has 0 saturated carbocycles. The van der Waals surface area contributed by atoms with Gasteiger partial charge in [-0.05, 0) is 42.1 Å². The zero-order chi connectivity index (χ0) is 22.7. The van der Waals surface area contributed by atoms with Gasteiger partial charge >= 0.3 is 0 Å². The molecule has 7 nitrogen and oxygen atoms in total. The van der Waals surface area contributed by atoms with Crippen molar-refractivity contribution in [3.63, 3.8) is 0 Å². The highest BCUT2D eigenvalue weighted by molar-refractivity contribution is 7.99. The number of benzene rings is 2. The molecule has 1 aliphatic rings. The molecular formula is C22H22F2N4O3S. The molecule has 0 radical (unpaired) electrons. The molecule has 2 aromatic carbocycles. The molecule has 3 aromatic rings. The Morgan fingerprint density at radius 1 is 1.06 bits per heavy atom. The molecule has 0 bridgehead atoms. The number of amides is 2. The minimum atomic E-state index is -2.63. The molecule has 4 rings (SSSR count). The van der Waals surface area contributed by atoms with Gasteiger partial charge in [0.25, 0.3) is 11.7 Å². The van der Waals surface area contributed by atoms with E-state index in [4.69, 9.17) is 4.74 Å². The molecule has 1 saturated heterocycles. The molecule has 2 heterocycles. The Morgan fingerprint density at radius 2 is 1.78 bits per heavy atom. The van der Waals surface area contributed by atoms with Crippen LogP contribution in [0.1, 0.15) is 10.4 Å². The summed E-state index contributed by atoms with van der Waals surface area (Å²) in [6.07, 6.45) is 0. The molecule has 10 heteroatoms. The number of fused-ring (bicyclic) bond motifs is 1. The van der Waals surface area contributed by atoms with E-state index in [-0.39, 0.29) is 23.5 Å². The maximum Gasteiger partial charge on any atom is 0.291 e. The second kappa shape index (κ2) is 9.56. The first kappa shape index (κ1) is 22.1. The highest BCUT2D eigenvalue weighted by atomic mass is 32.2. The maximum atomic E-state index is 13.0. The summed E-state index contributed by atoms with van der Waals surface area (Å²) in [5.74, 6) is -2.34. The van der Waals surface area contributed by atoms with Gasteiger partial charge in [0.1, 0.15) is 12.3 Å². The number of rotatable bonds is 6. The number of para-hydroxylation sites is 2. The van der Waals surface area contributed by atoms with E-state index in [2.05, 4.69) is 4.98 Å². The van der Waals surface area contributed by atoms with Crippen LogP contribution >= 0.6 is 11.8 Å². The summed E-state index contributed by atoms with van der Waals surface area (Å²) in [6, 6.07) is 14.0. The fourth-order valence-electron chi connectivity index (χ4n) is 3.71. The van der Waals surface area contributed by atoms with Crippen LogP contribution in [0, 0.1) is 0 Å². The van der Waals surface area contributed by atoms with Crippen molar-refractivity contribution in [3.05, 3.63) is 54.1 Å². The number of hydrogen-bond donors (Lipinski definition) is 0. The summed E-state index contributed by atoms with van der Waals surface area (Å²) in [6.45, 7) is 1.45. The van der Waals surface area contributed by atoms with Crippen LogP contribution in [-0.4, -0.2) is 70.2 Å². The monoisotopic (exact) mass is 460 g/mol. The number of piperazine rings is 1. The molecule has 1 aliphatic heterocycles. The lowest BCUT2D eigenvalue weighted by Gasteiger charge is -2.35. The van der Waals surface area contributed by atoms with E-state index in [1.807, 2.05) is 0 Å². The predicted octanol–water partition coefficient (Wildman–Crippen LogP) is 3.34. The molecule has 0 N–H and O–H groups in total. The van der Waals surface area contributed by atoms with E-state index in [1.54, 1.807) is 65.4 Å². The van der Waals surface area contributed by atoms with Crippen LogP contribution in [0.2, 0.25) is 0 Å². The van der Waals surface area contributed by atoms with Gasteiger partial charge < -0.3 is 19.1 Å². The summed E-state index contributed by atoms with van der Waals surface area (Å²) in [7, 11) is 1.54. The molecule has 2 amide bonds. The van der Waals surface area contributed by atoms with Crippen LogP contribution in [-0.2, 0) is 11.3 Å². The summed E-state index contributed by atoms with van der Waals surface area (Å²) in [5.41, 5.74) is 1.73. The minimum absolute atomic E-state index is 0.0839. The maximum absolute atomic E-state index is 13.0. The quantitative estimate of drug-likeness (QED) is 0.528. The van der Waals surface area contributed by atoms with E-state index in [0.717, 1.165) is 0 Å². The molecule has 168 valence electrons. The molecule has 0 spiro atoms. The van der Waals surface area contributed by atoms with Gasteiger partial charge in [0.15, 0.2) is 5.16 Å². The third kappa shape index (κ3) is 4.69. The second-order valence-corrected chi connectivity index (χ2v) is 8.21. The number of ether oxygens (including phenoxy) is 1. The summed E-state index contributed by atoms with van der Waals surface area (Å²) in [5, 5.41) is 0.112. The van der Waals surface area contributed by atoms with Gasteiger partial charge in [0.05, 0.1) is 18.1 Å². The number of carbonyl (C=O) groups is 2. The zero-order valence-corrected chi connectivity index (χ0v) is 18.2. The van der Waals surface area contributed by atoms with Crippen molar-refractivity contribution < 1.29 is 23.1 Å². The number of methoxy groups -OCH3 is 1. The van der Waals surface area contributed by atoms with Crippen LogP contribution in [0.25, 0.3) is 11.0 Å². The van der Waals surface area contributed by atoms with E-state index >= 15 is 0 Å². The topological polar surface area (TPSA) is 67.7 Å². The highest BCUT2D eigenvalue weighted by Gasteiger charge is 2.26. The predicted molar refractivity (Wildman–Crippen MR) is 117 cm³/mol. The summed E-state index contributed by atoms with van der Waals surface area (Å²) < 4.78 is 32.7. The van der Waals surface area contributed by atoms with Crippen molar-refractivity contribution in [3.8, 4) is 5.75 Å². The van der Waals surface area contributed by atoms with Gasteiger partial charge in [0.2, 0.25) is 5.91 Å². The Kier molecular flexibility index (Phi) is 6.59. The first-order valence-electron chi connectivity index (χ1n) is 10.1. The van der Waals surface area contributed by atoms with Gasteiger partial charge in [-0.3, -0.25) is 9.59 Å². The lowest BCUT2D eigenvalue weighted by Crippen LogP contribution is -2.51. The fraction of sp³-hybridized carbons (Fsp3) is 0.318. The van der Waals surface area contributed by atoms with Crippen molar-refractivity contribution in [1.82, 2.24) is 19.4 Å². The lowest BCUT2D eigenvalue weighted by atomic mass is 10.1. The van der Waals surface area contributed by atoms with E-state index in [0.29, 0.717) is 60.3 Å². The van der Waals surface area contributed by atoms with E-state index in [9.17, 15) is 18.4 Å². The average molecular weight is 461 g/mol. The van der Waals surface area contributed by atoms with Crippen LogP contribution in [0.3, 0.4) is 0 Å². The smallest absolute Gasteiger partial charge is 0.291 e. The van der Waals surface area contributed by atoms with E-state index in [1.165, 1.54) is 4.57 Å². The molecule has 32 heavy (non-hydrogen) atoms. The van der Waals surface area contributed by atoms with Crippen LogP contribution in [0.15, 0.2) is 53.7 Å². The number of carbonyl (C=O) groups excluding carboxylic acids is 2. The SMILES string of the molecule is COc1cccc(C(=O)N2CCN(C(=O)Cn3c(SC(F)F)nc4ccccc43)CC2)c1. The van der Waals surface area contributed by atoms with Crippen LogP contribution in [0.4, 0.5) is 8.78 Å². The van der Waals surface area contributed by atoms with Gasteiger partial charge in [-0.2, -0.15) is 8.78 Å². The highest BCUT2D eigenvalue weighted by Crippen LogP contribution is 2.28. The number of nitrogens with zero attached hydrogens (tertiary/aromatic N) is 4. The minimum Gasteiger partial charge on any atom is -0.497 e. The van der Waals surface area contributed by atoms with Gasteiger partial charge in [-0.15, -0.1) is 0 Å². The fourth-order valence-corrected chi connectivity index (χ4v) is 4.31. The third-order valence-corrected chi connectivity index (χ3v) is 6.04. The summed E-state index contributed by atoms with van der Waals surface area (Å²) >= 11 is 0.329. The molecule has 0 atom stereocenters. The Morgan fingerprint density at radius 3 is 2.50 bits per heavy atom. The first-order valence-corrected chi connectivity index (χ1v) is 11.0. The number of aromatic nitrogens is 2. The largest absolute Gasteiger partial charge is 0.497 e. The van der Waals surface area contributed by atoms with Crippen LogP contribution in [0.5, 0.6) is 5.75 Å². The number of hydrogen-bond acceptors (Lipinski definition) is 5. The third-order valence-electron chi connectivity index (χ3n) is 5.34. The molecule has 0 unspecified atom stereocenters. The molecule has 0 aliphatic carbocycles. The Labute approximate surface area is 187 Å². The molecule has 1 fully saturated rings. The van der Waals surface area contributed by atoms with Crippen molar-refractivity contribution >= 4 is 34.6 Å². The summed E-state index contributed by atoms with van der Waals surface area (Å²) in [4.78, 5) is 33.3. The average Bonchev–Trinajstić information content (AvgIpc) is 3.14. The van der Waals surface area contributed by atoms with Crippen molar-refractivity contribution in [1.29, 1.82) is 0 Å². The van der Waals surface area contributed by atoms with Crippen LogP contribution < -0.4 is 4.74 Å². The van der Waals surface area contributed by atoms with Crippen molar-refractivity contribution in [2.45, 2.75) is 17.5 Å². The number of alkyl halides is 2. The Bertz CT molecular complexity index is 1130. The normalized spacial score (nSPS) is 14.2. The Balaban J connectivity index is 1.42. The van der Waals surface area contributed by atoms with Crippen molar-refractivity contribution in [2.24, 2.45) is 0 Å².